The predicted molar refractivity (Wildman–Crippen MR) is 179 cm³/mol. The first-order chi connectivity index (χ1) is 21.1. The summed E-state index contributed by atoms with van der Waals surface area (Å²) in [5, 5.41) is 2.98. The summed E-state index contributed by atoms with van der Waals surface area (Å²) in [5.41, 5.74) is 2.91. The van der Waals surface area contributed by atoms with E-state index in [1.807, 2.05) is 87.5 Å². The molecule has 0 saturated heterocycles. The van der Waals surface area contributed by atoms with E-state index < -0.39 is 28.5 Å². The van der Waals surface area contributed by atoms with Gasteiger partial charge in [-0.2, -0.15) is 0 Å². The molecule has 230 valence electrons. The molecule has 1 N–H and O–H groups in total. The summed E-state index contributed by atoms with van der Waals surface area (Å²) >= 11 is 3.46. The fourth-order valence-corrected chi connectivity index (χ4v) is 6.74. The molecule has 0 fully saturated rings. The van der Waals surface area contributed by atoms with Crippen molar-refractivity contribution in [3.63, 3.8) is 0 Å². The van der Waals surface area contributed by atoms with Gasteiger partial charge in [-0.3, -0.25) is 13.9 Å². The Hall–Kier alpha value is -3.95. The van der Waals surface area contributed by atoms with Crippen LogP contribution in [-0.4, -0.2) is 43.8 Å². The molecule has 0 aromatic heterocycles. The van der Waals surface area contributed by atoms with E-state index in [4.69, 9.17) is 0 Å². The van der Waals surface area contributed by atoms with Crippen molar-refractivity contribution in [2.45, 2.75) is 57.1 Å². The Morgan fingerprint density at radius 1 is 0.795 bits per heavy atom. The van der Waals surface area contributed by atoms with Gasteiger partial charge in [-0.15, -0.1) is 0 Å². The highest BCUT2D eigenvalue weighted by Gasteiger charge is 2.35. The van der Waals surface area contributed by atoms with Crippen LogP contribution in [0.25, 0.3) is 0 Å². The van der Waals surface area contributed by atoms with Gasteiger partial charge in [-0.05, 0) is 67.3 Å². The first kappa shape index (κ1) is 33.0. The molecule has 4 rings (SSSR count). The summed E-state index contributed by atoms with van der Waals surface area (Å²) in [4.78, 5) is 29.9. The molecule has 2 amide bonds. The number of carbonyl (C=O) groups excluding carboxylic acids is 2. The van der Waals surface area contributed by atoms with Crippen LogP contribution in [0.5, 0.6) is 0 Å². The predicted octanol–water partition coefficient (Wildman–Crippen LogP) is 6.37. The molecular weight excluding hydrogens is 638 g/mol. The van der Waals surface area contributed by atoms with Gasteiger partial charge in [0.15, 0.2) is 0 Å². The van der Waals surface area contributed by atoms with Crippen molar-refractivity contribution in [1.29, 1.82) is 0 Å². The highest BCUT2D eigenvalue weighted by molar-refractivity contribution is 9.10. The van der Waals surface area contributed by atoms with Gasteiger partial charge in [-0.25, -0.2) is 8.42 Å². The summed E-state index contributed by atoms with van der Waals surface area (Å²) in [7, 11) is -4.14. The molecule has 0 aliphatic carbocycles. The summed E-state index contributed by atoms with van der Waals surface area (Å²) in [5.74, 6) is -0.793. The Labute approximate surface area is 269 Å². The van der Waals surface area contributed by atoms with Gasteiger partial charge in [0.25, 0.3) is 10.0 Å². The molecule has 1 unspecified atom stereocenters. The molecule has 4 aromatic carbocycles. The summed E-state index contributed by atoms with van der Waals surface area (Å²) in [6, 6.07) is 31.3. The van der Waals surface area contributed by atoms with Gasteiger partial charge in [0.1, 0.15) is 12.6 Å². The Morgan fingerprint density at radius 3 is 2.00 bits per heavy atom. The normalized spacial score (nSPS) is 12.0. The zero-order valence-corrected chi connectivity index (χ0v) is 27.6. The van der Waals surface area contributed by atoms with Crippen LogP contribution in [0.3, 0.4) is 0 Å². The number of nitrogens with zero attached hydrogens (tertiary/aromatic N) is 2. The third-order valence-corrected chi connectivity index (χ3v) is 9.52. The molecule has 9 heteroatoms. The van der Waals surface area contributed by atoms with E-state index in [1.165, 1.54) is 21.3 Å². The average molecular weight is 677 g/mol. The molecular formula is C35H38BrN3O4S. The van der Waals surface area contributed by atoms with Gasteiger partial charge in [0.05, 0.1) is 10.6 Å². The fourth-order valence-electron chi connectivity index (χ4n) is 5.01. The van der Waals surface area contributed by atoms with Crippen molar-refractivity contribution >= 4 is 43.5 Å². The van der Waals surface area contributed by atoms with E-state index >= 15 is 0 Å². The van der Waals surface area contributed by atoms with E-state index in [-0.39, 0.29) is 29.8 Å². The van der Waals surface area contributed by atoms with Crippen molar-refractivity contribution in [3.8, 4) is 0 Å². The minimum Gasteiger partial charge on any atom is -0.352 e. The maximum Gasteiger partial charge on any atom is 0.264 e. The number of anilines is 1. The molecule has 0 saturated carbocycles. The standard InChI is InChI=1S/C35H38BrN3O4S/c1-4-29-15-11-12-18-32(29)39(44(42,43)31-16-9-6-10-17-31)25-34(40)38(24-28-19-21-30(36)22-20-28)33(35(41)37-26(2)3)23-27-13-7-5-8-14-27/h5-22,26,33H,4,23-25H2,1-3H3,(H,37,41). The lowest BCUT2D eigenvalue weighted by Gasteiger charge is -2.34. The lowest BCUT2D eigenvalue weighted by Crippen LogP contribution is -2.54. The SMILES string of the molecule is CCc1ccccc1N(CC(=O)N(Cc1ccc(Br)cc1)C(Cc1ccccc1)C(=O)NC(C)C)S(=O)(=O)c1ccccc1. The molecule has 0 bridgehead atoms. The van der Waals surface area contributed by atoms with Gasteiger partial charge >= 0.3 is 0 Å². The van der Waals surface area contributed by atoms with Crippen molar-refractivity contribution in [3.05, 3.63) is 130 Å². The first-order valence-electron chi connectivity index (χ1n) is 14.6. The fraction of sp³-hybridized carbons (Fsp3) is 0.257. The maximum absolute atomic E-state index is 14.5. The third-order valence-electron chi connectivity index (χ3n) is 7.22. The molecule has 44 heavy (non-hydrogen) atoms. The van der Waals surface area contributed by atoms with E-state index in [1.54, 1.807) is 30.3 Å². The minimum atomic E-state index is -4.14. The van der Waals surface area contributed by atoms with Gasteiger partial charge in [0.2, 0.25) is 11.8 Å². The molecule has 0 spiro atoms. The zero-order chi connectivity index (χ0) is 31.7. The molecule has 7 nitrogen and oxygen atoms in total. The number of hydrogen-bond acceptors (Lipinski definition) is 4. The maximum atomic E-state index is 14.5. The Bertz CT molecular complexity index is 1650. The Balaban J connectivity index is 1.82. The molecule has 4 aromatic rings. The summed E-state index contributed by atoms with van der Waals surface area (Å²) in [6.45, 7) is 5.32. The number of hydrogen-bond donors (Lipinski definition) is 1. The van der Waals surface area contributed by atoms with E-state index in [0.29, 0.717) is 12.1 Å². The van der Waals surface area contributed by atoms with Gasteiger partial charge in [-0.1, -0.05) is 102 Å². The topological polar surface area (TPSA) is 86.8 Å². The molecule has 0 radical (unpaired) electrons. The van der Waals surface area contributed by atoms with Gasteiger partial charge < -0.3 is 10.2 Å². The van der Waals surface area contributed by atoms with Crippen LogP contribution in [0.4, 0.5) is 5.69 Å². The number of aryl methyl sites for hydroxylation is 1. The van der Waals surface area contributed by atoms with Crippen molar-refractivity contribution in [2.24, 2.45) is 0 Å². The molecule has 0 aliphatic rings. The second kappa shape index (κ2) is 15.2. The van der Waals surface area contributed by atoms with Crippen LogP contribution in [0.15, 0.2) is 119 Å². The van der Waals surface area contributed by atoms with Crippen LogP contribution in [0.2, 0.25) is 0 Å². The number of rotatable bonds is 13. The van der Waals surface area contributed by atoms with Crippen LogP contribution in [-0.2, 0) is 39.0 Å². The number of benzene rings is 4. The zero-order valence-electron chi connectivity index (χ0n) is 25.2. The minimum absolute atomic E-state index is 0.0801. The second-order valence-electron chi connectivity index (χ2n) is 10.8. The van der Waals surface area contributed by atoms with Gasteiger partial charge in [0, 0.05) is 23.5 Å². The van der Waals surface area contributed by atoms with E-state index in [9.17, 15) is 18.0 Å². The van der Waals surface area contributed by atoms with Crippen LogP contribution < -0.4 is 9.62 Å². The quantitative estimate of drug-likeness (QED) is 0.178. The number of halogens is 1. The highest BCUT2D eigenvalue weighted by atomic mass is 79.9. The number of carbonyl (C=O) groups is 2. The smallest absolute Gasteiger partial charge is 0.264 e. The average Bonchev–Trinajstić information content (AvgIpc) is 3.02. The largest absolute Gasteiger partial charge is 0.352 e. The number of sulfonamides is 1. The first-order valence-corrected chi connectivity index (χ1v) is 16.9. The molecule has 0 aliphatic heterocycles. The van der Waals surface area contributed by atoms with Crippen LogP contribution in [0.1, 0.15) is 37.5 Å². The summed E-state index contributed by atoms with van der Waals surface area (Å²) < 4.78 is 30.4. The van der Waals surface area contributed by atoms with E-state index in [0.717, 1.165) is 21.2 Å². The number of amides is 2. The highest BCUT2D eigenvalue weighted by Crippen LogP contribution is 2.28. The Morgan fingerprint density at radius 2 is 1.39 bits per heavy atom. The Kier molecular flexibility index (Phi) is 11.4. The molecule has 1 atom stereocenters. The number of nitrogens with one attached hydrogen (secondary N) is 1. The van der Waals surface area contributed by atoms with E-state index in [2.05, 4.69) is 21.2 Å². The van der Waals surface area contributed by atoms with Crippen molar-refractivity contribution < 1.29 is 18.0 Å². The third kappa shape index (κ3) is 8.36. The van der Waals surface area contributed by atoms with Crippen LogP contribution >= 0.6 is 15.9 Å². The lowest BCUT2D eigenvalue weighted by atomic mass is 10.0. The summed E-state index contributed by atoms with van der Waals surface area (Å²) in [6.07, 6.45) is 0.833. The second-order valence-corrected chi connectivity index (χ2v) is 13.6. The number of para-hydroxylation sites is 1. The van der Waals surface area contributed by atoms with Crippen molar-refractivity contribution in [2.75, 3.05) is 10.8 Å². The molecule has 0 heterocycles. The van der Waals surface area contributed by atoms with Crippen molar-refractivity contribution in [1.82, 2.24) is 10.2 Å². The monoisotopic (exact) mass is 675 g/mol. The van der Waals surface area contributed by atoms with Crippen LogP contribution in [0, 0.1) is 0 Å². The lowest BCUT2D eigenvalue weighted by molar-refractivity contribution is -0.140.